The Morgan fingerprint density at radius 1 is 1.45 bits per heavy atom. The number of methoxy groups -OCH3 is 1. The molecule has 116 valence electrons. The second kappa shape index (κ2) is 6.48. The van der Waals surface area contributed by atoms with Gasteiger partial charge in [0.25, 0.3) is 0 Å². The number of imidazole rings is 1. The zero-order valence-electron chi connectivity index (χ0n) is 13.0. The Morgan fingerprint density at radius 3 is 3.00 bits per heavy atom. The van der Waals surface area contributed by atoms with Crippen molar-refractivity contribution in [2.45, 2.75) is 26.2 Å². The molecule has 0 spiro atoms. The number of aryl methyl sites for hydroxylation is 1. The third-order valence-corrected chi connectivity index (χ3v) is 4.59. The normalized spacial score (nSPS) is 18.1. The summed E-state index contributed by atoms with van der Waals surface area (Å²) in [4.78, 5) is 5.28. The molecule has 0 radical (unpaired) electrons. The molecule has 1 atom stereocenters. The van der Waals surface area contributed by atoms with Crippen molar-refractivity contribution < 1.29 is 4.74 Å². The first-order valence-corrected chi connectivity index (χ1v) is 8.04. The van der Waals surface area contributed by atoms with Crippen LogP contribution in [0.15, 0.2) is 30.7 Å². The number of aromatic nitrogens is 2. The highest BCUT2D eigenvalue weighted by atomic mass is 32.1. The van der Waals surface area contributed by atoms with Gasteiger partial charge in [0.05, 0.1) is 29.8 Å². The van der Waals surface area contributed by atoms with Gasteiger partial charge >= 0.3 is 0 Å². The zero-order chi connectivity index (χ0) is 15.5. The van der Waals surface area contributed by atoms with E-state index in [1.165, 1.54) is 12.0 Å². The van der Waals surface area contributed by atoms with Crippen LogP contribution in [0.1, 0.15) is 24.1 Å². The molecule has 1 saturated heterocycles. The Bertz CT molecular complexity index is 680. The minimum Gasteiger partial charge on any atom is -0.495 e. The van der Waals surface area contributed by atoms with Crippen molar-refractivity contribution in [1.82, 2.24) is 14.9 Å². The lowest BCUT2D eigenvalue weighted by Crippen LogP contribution is -2.36. The van der Waals surface area contributed by atoms with Crippen LogP contribution in [0.5, 0.6) is 5.75 Å². The molecule has 0 aliphatic carbocycles. The maximum Gasteiger partial charge on any atom is 0.143 e. The maximum absolute atomic E-state index is 5.57. The van der Waals surface area contributed by atoms with Gasteiger partial charge < -0.3 is 14.6 Å². The fourth-order valence-electron chi connectivity index (χ4n) is 2.93. The molecule has 1 aromatic heterocycles. The van der Waals surface area contributed by atoms with Crippen molar-refractivity contribution in [3.05, 3.63) is 42.0 Å². The van der Waals surface area contributed by atoms with Gasteiger partial charge in [0.2, 0.25) is 0 Å². The lowest BCUT2D eigenvalue weighted by atomic mass is 9.92. The summed E-state index contributed by atoms with van der Waals surface area (Å²) in [5.41, 5.74) is 3.26. The van der Waals surface area contributed by atoms with E-state index >= 15 is 0 Å². The first-order chi connectivity index (χ1) is 10.7. The number of nitrogens with zero attached hydrogens (tertiary/aromatic N) is 2. The molecule has 0 bridgehead atoms. The van der Waals surface area contributed by atoms with Crippen molar-refractivity contribution in [1.29, 1.82) is 0 Å². The van der Waals surface area contributed by atoms with Gasteiger partial charge in [0.15, 0.2) is 0 Å². The zero-order valence-corrected chi connectivity index (χ0v) is 13.8. The van der Waals surface area contributed by atoms with Gasteiger partial charge in [0, 0.05) is 18.7 Å². The molecular formula is C17H21N3OS. The first kappa shape index (κ1) is 15.0. The summed E-state index contributed by atoms with van der Waals surface area (Å²) in [5, 5.41) is 3.31. The van der Waals surface area contributed by atoms with Gasteiger partial charge in [-0.3, -0.25) is 0 Å². The Labute approximate surface area is 136 Å². The van der Waals surface area contributed by atoms with Gasteiger partial charge in [-0.2, -0.15) is 0 Å². The minimum absolute atomic E-state index is 0.440. The van der Waals surface area contributed by atoms with E-state index in [0.29, 0.717) is 5.92 Å². The SMILES string of the molecule is COc1cc(CC2CCCNC2=S)ccc1-n1cnc(C)c1. The van der Waals surface area contributed by atoms with E-state index in [9.17, 15) is 0 Å². The minimum atomic E-state index is 0.440. The van der Waals surface area contributed by atoms with Crippen LogP contribution >= 0.6 is 12.2 Å². The summed E-state index contributed by atoms with van der Waals surface area (Å²) in [6.07, 6.45) is 7.13. The Hall–Kier alpha value is -1.88. The highest BCUT2D eigenvalue weighted by Gasteiger charge is 2.19. The fraction of sp³-hybridized carbons (Fsp3) is 0.412. The molecule has 1 aromatic carbocycles. The van der Waals surface area contributed by atoms with E-state index in [-0.39, 0.29) is 0 Å². The number of rotatable bonds is 4. The van der Waals surface area contributed by atoms with Gasteiger partial charge in [0.1, 0.15) is 5.75 Å². The highest BCUT2D eigenvalue weighted by molar-refractivity contribution is 7.80. The smallest absolute Gasteiger partial charge is 0.143 e. The van der Waals surface area contributed by atoms with Crippen LogP contribution in [0.25, 0.3) is 5.69 Å². The lowest BCUT2D eigenvalue weighted by Gasteiger charge is -2.24. The van der Waals surface area contributed by atoms with Crippen molar-refractivity contribution in [3.8, 4) is 11.4 Å². The fourth-order valence-corrected chi connectivity index (χ4v) is 3.23. The van der Waals surface area contributed by atoms with Crippen LogP contribution in [0.4, 0.5) is 0 Å². The third-order valence-electron chi connectivity index (χ3n) is 4.12. The monoisotopic (exact) mass is 315 g/mol. The van der Waals surface area contributed by atoms with Crippen molar-refractivity contribution in [3.63, 3.8) is 0 Å². The molecule has 1 N–H and O–H groups in total. The Kier molecular flexibility index (Phi) is 4.43. The van der Waals surface area contributed by atoms with Crippen LogP contribution in [0.2, 0.25) is 0 Å². The van der Waals surface area contributed by atoms with Crippen molar-refractivity contribution in [2.75, 3.05) is 13.7 Å². The van der Waals surface area contributed by atoms with Crippen LogP contribution in [-0.2, 0) is 6.42 Å². The molecule has 1 fully saturated rings. The third kappa shape index (κ3) is 3.14. The van der Waals surface area contributed by atoms with E-state index < -0.39 is 0 Å². The summed E-state index contributed by atoms with van der Waals surface area (Å²) in [6.45, 7) is 2.99. The number of thiocarbonyl (C=S) groups is 1. The Morgan fingerprint density at radius 2 is 2.32 bits per heavy atom. The summed E-state index contributed by atoms with van der Waals surface area (Å²) in [5.74, 6) is 1.30. The van der Waals surface area contributed by atoms with Crippen LogP contribution in [0.3, 0.4) is 0 Å². The van der Waals surface area contributed by atoms with Crippen molar-refractivity contribution in [2.24, 2.45) is 5.92 Å². The molecule has 0 amide bonds. The van der Waals surface area contributed by atoms with Gasteiger partial charge in [-0.1, -0.05) is 18.3 Å². The predicted octanol–water partition coefficient (Wildman–Crippen LogP) is 3.06. The topological polar surface area (TPSA) is 39.1 Å². The van der Waals surface area contributed by atoms with Crippen LogP contribution in [0, 0.1) is 12.8 Å². The second-order valence-corrected chi connectivity index (χ2v) is 6.20. The summed E-state index contributed by atoms with van der Waals surface area (Å²) in [7, 11) is 1.71. The molecule has 22 heavy (non-hydrogen) atoms. The molecule has 1 unspecified atom stereocenters. The predicted molar refractivity (Wildman–Crippen MR) is 91.9 cm³/mol. The van der Waals surface area contributed by atoms with Gasteiger partial charge in [-0.05, 0) is 43.9 Å². The number of hydrogen-bond acceptors (Lipinski definition) is 3. The molecule has 0 saturated carbocycles. The van der Waals surface area contributed by atoms with E-state index in [0.717, 1.165) is 41.5 Å². The number of benzene rings is 1. The molecule has 1 aliphatic rings. The molecule has 3 rings (SSSR count). The van der Waals surface area contributed by atoms with Crippen LogP contribution in [-0.4, -0.2) is 28.2 Å². The largest absolute Gasteiger partial charge is 0.495 e. The number of ether oxygens (including phenoxy) is 1. The molecular weight excluding hydrogens is 294 g/mol. The van der Waals surface area contributed by atoms with E-state index in [1.807, 2.05) is 24.0 Å². The number of hydrogen-bond donors (Lipinski definition) is 1. The molecule has 2 aromatic rings. The van der Waals surface area contributed by atoms with Crippen LogP contribution < -0.4 is 10.1 Å². The second-order valence-electron chi connectivity index (χ2n) is 5.76. The molecule has 4 nitrogen and oxygen atoms in total. The summed E-state index contributed by atoms with van der Waals surface area (Å²) >= 11 is 5.44. The van der Waals surface area contributed by atoms with E-state index in [2.05, 4.69) is 28.5 Å². The lowest BCUT2D eigenvalue weighted by molar-refractivity contribution is 0.412. The number of piperidine rings is 1. The molecule has 1 aliphatic heterocycles. The summed E-state index contributed by atoms with van der Waals surface area (Å²) in [6, 6.07) is 6.36. The van der Waals surface area contributed by atoms with Gasteiger partial charge in [-0.15, -0.1) is 0 Å². The first-order valence-electron chi connectivity index (χ1n) is 7.63. The molecule has 5 heteroatoms. The van der Waals surface area contributed by atoms with E-state index in [1.54, 1.807) is 7.11 Å². The highest BCUT2D eigenvalue weighted by Crippen LogP contribution is 2.27. The average molecular weight is 315 g/mol. The Balaban J connectivity index is 1.83. The molecule has 2 heterocycles. The number of nitrogens with one attached hydrogen (secondary N) is 1. The van der Waals surface area contributed by atoms with E-state index in [4.69, 9.17) is 17.0 Å². The summed E-state index contributed by atoms with van der Waals surface area (Å²) < 4.78 is 7.56. The van der Waals surface area contributed by atoms with Gasteiger partial charge in [-0.25, -0.2) is 4.98 Å². The maximum atomic E-state index is 5.57. The standard InChI is InChI=1S/C17H21N3OS/c1-12-10-20(11-19-12)15-6-5-13(9-16(15)21-2)8-14-4-3-7-18-17(14)22/h5-6,9-11,14H,3-4,7-8H2,1-2H3,(H,18,22). The van der Waals surface area contributed by atoms with Crippen molar-refractivity contribution >= 4 is 17.2 Å². The average Bonchev–Trinajstić information content (AvgIpc) is 2.96. The quantitative estimate of drug-likeness (QED) is 0.880.